The van der Waals surface area contributed by atoms with Crippen LogP contribution < -0.4 is 0 Å². The molecular formula is C22H26N2O3S. The molecule has 6 heteroatoms. The first-order chi connectivity index (χ1) is 13.6. The van der Waals surface area contributed by atoms with Crippen LogP contribution in [0.15, 0.2) is 59.5 Å². The molecule has 2 aliphatic heterocycles. The summed E-state index contributed by atoms with van der Waals surface area (Å²) in [7, 11) is -3.44. The average Bonchev–Trinajstić information content (AvgIpc) is 3.41. The second kappa shape index (κ2) is 8.05. The Bertz CT molecular complexity index is 920. The Kier molecular flexibility index (Phi) is 5.51. The van der Waals surface area contributed by atoms with E-state index in [1.807, 2.05) is 23.1 Å². The highest BCUT2D eigenvalue weighted by Gasteiger charge is 2.30. The molecule has 0 bridgehead atoms. The van der Waals surface area contributed by atoms with E-state index in [2.05, 4.69) is 12.1 Å². The van der Waals surface area contributed by atoms with Gasteiger partial charge in [-0.05, 0) is 61.9 Å². The largest absolute Gasteiger partial charge is 0.335 e. The Labute approximate surface area is 167 Å². The lowest BCUT2D eigenvalue weighted by Gasteiger charge is -2.25. The van der Waals surface area contributed by atoms with E-state index in [0.717, 1.165) is 38.6 Å². The Hall–Kier alpha value is -2.18. The van der Waals surface area contributed by atoms with E-state index in [-0.39, 0.29) is 16.8 Å². The van der Waals surface area contributed by atoms with Crippen LogP contribution in [-0.2, 0) is 16.4 Å². The monoisotopic (exact) mass is 398 g/mol. The summed E-state index contributed by atoms with van der Waals surface area (Å²) in [4.78, 5) is 15.2. The number of carbonyl (C=O) groups is 1. The van der Waals surface area contributed by atoms with Crippen molar-refractivity contribution in [1.82, 2.24) is 9.21 Å². The molecule has 148 valence electrons. The van der Waals surface area contributed by atoms with Crippen molar-refractivity contribution in [2.75, 3.05) is 19.6 Å². The van der Waals surface area contributed by atoms with Gasteiger partial charge in [-0.1, -0.05) is 30.3 Å². The van der Waals surface area contributed by atoms with E-state index in [0.29, 0.717) is 18.7 Å². The highest BCUT2D eigenvalue weighted by Crippen LogP contribution is 2.25. The molecule has 1 amide bonds. The third kappa shape index (κ3) is 3.84. The summed E-state index contributed by atoms with van der Waals surface area (Å²) in [6.45, 7) is 1.92. The molecule has 4 rings (SSSR count). The molecule has 1 atom stereocenters. The van der Waals surface area contributed by atoms with E-state index < -0.39 is 10.0 Å². The third-order valence-electron chi connectivity index (χ3n) is 5.76. The van der Waals surface area contributed by atoms with Crippen LogP contribution in [0.4, 0.5) is 0 Å². The number of hydrogen-bond acceptors (Lipinski definition) is 3. The van der Waals surface area contributed by atoms with Gasteiger partial charge in [0.2, 0.25) is 10.0 Å². The van der Waals surface area contributed by atoms with Crippen LogP contribution in [0.1, 0.15) is 41.6 Å². The van der Waals surface area contributed by atoms with Crippen LogP contribution in [0.5, 0.6) is 0 Å². The van der Waals surface area contributed by atoms with E-state index in [4.69, 9.17) is 0 Å². The molecule has 0 N–H and O–H groups in total. The quantitative estimate of drug-likeness (QED) is 0.776. The standard InChI is InChI=1S/C22H26N2O3S/c25-22(24-16-6-9-20(24)17-18-7-2-1-3-8-18)19-10-12-21(13-11-19)28(26,27)23-14-4-5-15-23/h1-3,7-8,10-13,20H,4-6,9,14-17H2. The predicted molar refractivity (Wildman–Crippen MR) is 109 cm³/mol. The molecule has 0 radical (unpaired) electrons. The lowest BCUT2D eigenvalue weighted by molar-refractivity contribution is 0.0736. The molecule has 0 aromatic heterocycles. The maximum Gasteiger partial charge on any atom is 0.254 e. The van der Waals surface area contributed by atoms with E-state index in [1.54, 1.807) is 24.3 Å². The number of carbonyl (C=O) groups excluding carboxylic acids is 1. The van der Waals surface area contributed by atoms with Crippen LogP contribution in [0.3, 0.4) is 0 Å². The van der Waals surface area contributed by atoms with Crippen molar-refractivity contribution < 1.29 is 13.2 Å². The van der Waals surface area contributed by atoms with Crippen LogP contribution in [0, 0.1) is 0 Å². The Morgan fingerprint density at radius 2 is 1.57 bits per heavy atom. The van der Waals surface area contributed by atoms with E-state index >= 15 is 0 Å². The average molecular weight is 399 g/mol. The number of benzene rings is 2. The fourth-order valence-corrected chi connectivity index (χ4v) is 5.73. The number of rotatable bonds is 5. The number of likely N-dealkylation sites (tertiary alicyclic amines) is 1. The highest BCUT2D eigenvalue weighted by molar-refractivity contribution is 7.89. The molecule has 0 spiro atoms. The fraction of sp³-hybridized carbons (Fsp3) is 0.409. The van der Waals surface area contributed by atoms with Gasteiger partial charge in [0, 0.05) is 31.2 Å². The zero-order valence-corrected chi connectivity index (χ0v) is 16.8. The summed E-state index contributed by atoms with van der Waals surface area (Å²) in [5, 5.41) is 0. The first-order valence-electron chi connectivity index (χ1n) is 10.0. The van der Waals surface area contributed by atoms with Gasteiger partial charge in [0.15, 0.2) is 0 Å². The second-order valence-electron chi connectivity index (χ2n) is 7.62. The summed E-state index contributed by atoms with van der Waals surface area (Å²) in [5.41, 5.74) is 1.79. The summed E-state index contributed by atoms with van der Waals surface area (Å²) < 4.78 is 26.8. The number of amides is 1. The lowest BCUT2D eigenvalue weighted by atomic mass is 10.0. The molecule has 2 heterocycles. The molecule has 0 saturated carbocycles. The molecular weight excluding hydrogens is 372 g/mol. The van der Waals surface area contributed by atoms with Crippen molar-refractivity contribution >= 4 is 15.9 Å². The number of sulfonamides is 1. The molecule has 28 heavy (non-hydrogen) atoms. The zero-order valence-electron chi connectivity index (χ0n) is 16.0. The van der Waals surface area contributed by atoms with Gasteiger partial charge in [-0.3, -0.25) is 4.79 Å². The molecule has 2 aliphatic rings. The van der Waals surface area contributed by atoms with Crippen LogP contribution in [0.2, 0.25) is 0 Å². The molecule has 2 aromatic carbocycles. The SMILES string of the molecule is O=C(c1ccc(S(=O)(=O)N2CCCC2)cc1)N1CCCC1Cc1ccccc1. The zero-order chi connectivity index (χ0) is 19.6. The maximum absolute atomic E-state index is 13.0. The Morgan fingerprint density at radius 1 is 0.893 bits per heavy atom. The smallest absolute Gasteiger partial charge is 0.254 e. The van der Waals surface area contributed by atoms with Crippen molar-refractivity contribution in [3.05, 3.63) is 65.7 Å². The van der Waals surface area contributed by atoms with Crippen LogP contribution >= 0.6 is 0 Å². The maximum atomic E-state index is 13.0. The van der Waals surface area contributed by atoms with E-state index in [9.17, 15) is 13.2 Å². The third-order valence-corrected chi connectivity index (χ3v) is 7.67. The predicted octanol–water partition coefficient (Wildman–Crippen LogP) is 3.32. The van der Waals surface area contributed by atoms with Gasteiger partial charge in [-0.15, -0.1) is 0 Å². The van der Waals surface area contributed by atoms with Gasteiger partial charge in [0.25, 0.3) is 5.91 Å². The molecule has 2 saturated heterocycles. The van der Waals surface area contributed by atoms with Crippen molar-refractivity contribution in [3.8, 4) is 0 Å². The van der Waals surface area contributed by atoms with Gasteiger partial charge < -0.3 is 4.90 Å². The van der Waals surface area contributed by atoms with Crippen molar-refractivity contribution in [1.29, 1.82) is 0 Å². The Balaban J connectivity index is 1.48. The minimum atomic E-state index is -3.44. The van der Waals surface area contributed by atoms with Gasteiger partial charge in [-0.2, -0.15) is 4.31 Å². The minimum Gasteiger partial charge on any atom is -0.335 e. The van der Waals surface area contributed by atoms with Gasteiger partial charge in [0.1, 0.15) is 0 Å². The Morgan fingerprint density at radius 3 is 2.25 bits per heavy atom. The van der Waals surface area contributed by atoms with Crippen molar-refractivity contribution in [3.63, 3.8) is 0 Å². The molecule has 2 fully saturated rings. The van der Waals surface area contributed by atoms with E-state index in [1.165, 1.54) is 9.87 Å². The van der Waals surface area contributed by atoms with Gasteiger partial charge in [0.05, 0.1) is 4.90 Å². The highest BCUT2D eigenvalue weighted by atomic mass is 32.2. The topological polar surface area (TPSA) is 57.7 Å². The minimum absolute atomic E-state index is 0.0106. The molecule has 0 aliphatic carbocycles. The lowest BCUT2D eigenvalue weighted by Crippen LogP contribution is -2.36. The molecule has 2 aromatic rings. The first-order valence-corrected chi connectivity index (χ1v) is 11.4. The number of hydrogen-bond donors (Lipinski definition) is 0. The van der Waals surface area contributed by atoms with Crippen molar-refractivity contribution in [2.45, 2.75) is 43.0 Å². The summed E-state index contributed by atoms with van der Waals surface area (Å²) in [5.74, 6) is -0.0106. The van der Waals surface area contributed by atoms with Crippen molar-refractivity contribution in [2.24, 2.45) is 0 Å². The summed E-state index contributed by atoms with van der Waals surface area (Å²) >= 11 is 0. The first kappa shape index (κ1) is 19.2. The normalized spacial score (nSPS) is 20.6. The van der Waals surface area contributed by atoms with Crippen LogP contribution in [0.25, 0.3) is 0 Å². The van der Waals surface area contributed by atoms with Gasteiger partial charge >= 0.3 is 0 Å². The number of nitrogens with zero attached hydrogens (tertiary/aromatic N) is 2. The summed E-state index contributed by atoms with van der Waals surface area (Å²) in [6.07, 6.45) is 4.68. The van der Waals surface area contributed by atoms with Gasteiger partial charge in [-0.25, -0.2) is 8.42 Å². The molecule has 5 nitrogen and oxygen atoms in total. The molecule has 1 unspecified atom stereocenters. The fourth-order valence-electron chi connectivity index (χ4n) is 4.21. The van der Waals surface area contributed by atoms with Crippen LogP contribution in [-0.4, -0.2) is 49.2 Å². The summed E-state index contributed by atoms with van der Waals surface area (Å²) in [6, 6.07) is 16.9. The second-order valence-corrected chi connectivity index (χ2v) is 9.56.